The van der Waals surface area contributed by atoms with Gasteiger partial charge in [-0.05, 0) is 44.1 Å². The van der Waals surface area contributed by atoms with Crippen LogP contribution in [0.4, 0.5) is 4.39 Å². The first-order chi connectivity index (χ1) is 13.6. The Bertz CT molecular complexity index is 767. The summed E-state index contributed by atoms with van der Waals surface area (Å²) in [5, 5.41) is 3.90. The van der Waals surface area contributed by atoms with Gasteiger partial charge in [0.15, 0.2) is 11.5 Å². The molecule has 0 radical (unpaired) electrons. The van der Waals surface area contributed by atoms with Gasteiger partial charge in [-0.2, -0.15) is 0 Å². The minimum Gasteiger partial charge on any atom is -0.493 e. The van der Waals surface area contributed by atoms with Crippen LogP contribution in [-0.4, -0.2) is 37.7 Å². The maximum Gasteiger partial charge on any atom is 0.166 e. The highest BCUT2D eigenvalue weighted by molar-refractivity contribution is 6.31. The zero-order valence-corrected chi connectivity index (χ0v) is 17.3. The fraction of sp³-hybridized carbons (Fsp3) is 0.455. The Hall–Kier alpha value is -1.82. The van der Waals surface area contributed by atoms with Gasteiger partial charge in [0, 0.05) is 30.3 Å². The van der Waals surface area contributed by atoms with Crippen molar-refractivity contribution in [3.05, 3.63) is 58.4 Å². The number of nitrogens with one attached hydrogen (secondary N) is 1. The van der Waals surface area contributed by atoms with Crippen LogP contribution >= 0.6 is 11.6 Å². The topological polar surface area (TPSA) is 33.7 Å². The lowest BCUT2D eigenvalue weighted by molar-refractivity contribution is 0.257. The Labute approximate surface area is 171 Å². The predicted molar refractivity (Wildman–Crippen MR) is 111 cm³/mol. The van der Waals surface area contributed by atoms with Crippen LogP contribution in [0.1, 0.15) is 30.9 Å². The van der Waals surface area contributed by atoms with Crippen molar-refractivity contribution in [2.75, 3.05) is 26.7 Å². The van der Waals surface area contributed by atoms with Crippen LogP contribution < -0.4 is 14.8 Å². The molecule has 0 amide bonds. The third-order valence-corrected chi connectivity index (χ3v) is 5.66. The number of likely N-dealkylation sites (tertiary alicyclic amines) is 1. The average molecular weight is 407 g/mol. The summed E-state index contributed by atoms with van der Waals surface area (Å²) in [4.78, 5) is 2.51. The second-order valence-electron chi connectivity index (χ2n) is 6.99. The normalized spacial score (nSPS) is 17.1. The Balaban J connectivity index is 1.68. The van der Waals surface area contributed by atoms with E-state index in [9.17, 15) is 4.39 Å². The van der Waals surface area contributed by atoms with Crippen molar-refractivity contribution in [1.29, 1.82) is 0 Å². The molecule has 0 spiro atoms. The maximum absolute atomic E-state index is 14.1. The van der Waals surface area contributed by atoms with Crippen molar-refractivity contribution < 1.29 is 13.9 Å². The van der Waals surface area contributed by atoms with Gasteiger partial charge >= 0.3 is 0 Å². The van der Waals surface area contributed by atoms with Crippen molar-refractivity contribution in [1.82, 2.24) is 10.2 Å². The average Bonchev–Trinajstić information content (AvgIpc) is 3.15. The SMILES string of the molecule is CCN1CCC[C@H]1CNCc1cccc(OC)c1OCc1c(F)cccc1Cl. The monoisotopic (exact) mass is 406 g/mol. The summed E-state index contributed by atoms with van der Waals surface area (Å²) in [6.07, 6.45) is 2.49. The Morgan fingerprint density at radius 2 is 2.07 bits per heavy atom. The van der Waals surface area contributed by atoms with E-state index in [0.29, 0.717) is 34.7 Å². The number of hydrogen-bond donors (Lipinski definition) is 1. The van der Waals surface area contributed by atoms with E-state index >= 15 is 0 Å². The van der Waals surface area contributed by atoms with Gasteiger partial charge in [0.2, 0.25) is 0 Å². The minimum atomic E-state index is -0.372. The lowest BCUT2D eigenvalue weighted by atomic mass is 10.1. The third-order valence-electron chi connectivity index (χ3n) is 5.30. The number of methoxy groups -OCH3 is 1. The Kier molecular flexibility index (Phi) is 7.54. The van der Waals surface area contributed by atoms with E-state index in [1.54, 1.807) is 19.2 Å². The molecule has 0 aromatic heterocycles. The number of ether oxygens (including phenoxy) is 2. The van der Waals surface area contributed by atoms with Crippen LogP contribution in [0, 0.1) is 5.82 Å². The molecule has 1 atom stereocenters. The van der Waals surface area contributed by atoms with Gasteiger partial charge in [-0.1, -0.05) is 36.7 Å². The van der Waals surface area contributed by atoms with Gasteiger partial charge in [0.1, 0.15) is 12.4 Å². The van der Waals surface area contributed by atoms with E-state index in [1.807, 2.05) is 18.2 Å². The number of halogens is 2. The summed E-state index contributed by atoms with van der Waals surface area (Å²) in [7, 11) is 1.60. The molecule has 6 heteroatoms. The number of rotatable bonds is 9. The lowest BCUT2D eigenvalue weighted by Crippen LogP contribution is -2.37. The van der Waals surface area contributed by atoms with E-state index in [1.165, 1.54) is 25.5 Å². The fourth-order valence-corrected chi connectivity index (χ4v) is 3.97. The van der Waals surface area contributed by atoms with E-state index < -0.39 is 0 Å². The molecule has 1 fully saturated rings. The zero-order chi connectivity index (χ0) is 19.9. The minimum absolute atomic E-state index is 0.0467. The molecule has 28 heavy (non-hydrogen) atoms. The molecule has 1 aliphatic rings. The van der Waals surface area contributed by atoms with Crippen molar-refractivity contribution >= 4 is 11.6 Å². The van der Waals surface area contributed by atoms with Crippen molar-refractivity contribution in [2.45, 2.75) is 39.0 Å². The molecule has 2 aromatic rings. The zero-order valence-electron chi connectivity index (χ0n) is 16.5. The van der Waals surface area contributed by atoms with Crippen LogP contribution in [0.15, 0.2) is 36.4 Å². The van der Waals surface area contributed by atoms with Crippen LogP contribution in [-0.2, 0) is 13.2 Å². The summed E-state index contributed by atoms with van der Waals surface area (Å²) >= 11 is 6.12. The van der Waals surface area contributed by atoms with Gasteiger partial charge in [0.05, 0.1) is 12.1 Å². The van der Waals surface area contributed by atoms with E-state index in [4.69, 9.17) is 21.1 Å². The van der Waals surface area contributed by atoms with E-state index in [-0.39, 0.29) is 12.4 Å². The first kappa shape index (κ1) is 20.9. The maximum atomic E-state index is 14.1. The molecule has 1 aliphatic heterocycles. The molecule has 1 N–H and O–H groups in total. The Morgan fingerprint density at radius 1 is 1.25 bits per heavy atom. The smallest absolute Gasteiger partial charge is 0.166 e. The molecular formula is C22H28ClFN2O2. The second-order valence-corrected chi connectivity index (χ2v) is 7.40. The third kappa shape index (κ3) is 4.96. The molecular weight excluding hydrogens is 379 g/mol. The van der Waals surface area contributed by atoms with Crippen molar-refractivity contribution in [2.24, 2.45) is 0 Å². The largest absolute Gasteiger partial charge is 0.493 e. The predicted octanol–water partition coefficient (Wildman–Crippen LogP) is 4.64. The molecule has 3 rings (SSSR count). The van der Waals surface area contributed by atoms with Gasteiger partial charge < -0.3 is 14.8 Å². The molecule has 152 valence electrons. The Morgan fingerprint density at radius 3 is 2.82 bits per heavy atom. The van der Waals surface area contributed by atoms with Gasteiger partial charge in [-0.15, -0.1) is 0 Å². The van der Waals surface area contributed by atoms with Gasteiger partial charge in [-0.25, -0.2) is 4.39 Å². The first-order valence-electron chi connectivity index (χ1n) is 9.80. The summed E-state index contributed by atoms with van der Waals surface area (Å²) in [5.41, 5.74) is 1.33. The van der Waals surface area contributed by atoms with E-state index in [0.717, 1.165) is 18.7 Å². The van der Waals surface area contributed by atoms with Gasteiger partial charge in [-0.3, -0.25) is 4.90 Å². The fourth-order valence-electron chi connectivity index (χ4n) is 3.76. The summed E-state index contributed by atoms with van der Waals surface area (Å²) < 4.78 is 25.5. The summed E-state index contributed by atoms with van der Waals surface area (Å²) in [5.74, 6) is 0.876. The van der Waals surface area contributed by atoms with Crippen molar-refractivity contribution in [3.63, 3.8) is 0 Å². The molecule has 4 nitrogen and oxygen atoms in total. The molecule has 0 saturated carbocycles. The summed E-state index contributed by atoms with van der Waals surface area (Å²) in [6, 6.07) is 11.0. The number of nitrogens with zero attached hydrogens (tertiary/aromatic N) is 1. The van der Waals surface area contributed by atoms with Crippen LogP contribution in [0.25, 0.3) is 0 Å². The number of hydrogen-bond acceptors (Lipinski definition) is 4. The van der Waals surface area contributed by atoms with Crippen LogP contribution in [0.2, 0.25) is 5.02 Å². The molecule has 0 unspecified atom stereocenters. The standard InChI is InChI=1S/C22H28ClFN2O2/c1-3-26-12-6-8-17(26)14-25-13-16-7-4-11-21(27-2)22(16)28-15-18-19(23)9-5-10-20(18)24/h4-5,7,9-11,17,25H,3,6,8,12-15H2,1-2H3/t17-/m0/s1. The number of para-hydroxylation sites is 1. The highest BCUT2D eigenvalue weighted by Gasteiger charge is 2.22. The first-order valence-corrected chi connectivity index (χ1v) is 10.2. The quantitative estimate of drug-likeness (QED) is 0.657. The molecule has 2 aromatic carbocycles. The molecule has 1 saturated heterocycles. The number of likely N-dealkylation sites (N-methyl/N-ethyl adjacent to an activating group) is 1. The lowest BCUT2D eigenvalue weighted by Gasteiger charge is -2.23. The molecule has 1 heterocycles. The molecule has 0 bridgehead atoms. The highest BCUT2D eigenvalue weighted by Crippen LogP contribution is 2.33. The van der Waals surface area contributed by atoms with Crippen molar-refractivity contribution in [3.8, 4) is 11.5 Å². The van der Waals surface area contributed by atoms with E-state index in [2.05, 4.69) is 17.1 Å². The second kappa shape index (κ2) is 10.1. The highest BCUT2D eigenvalue weighted by atomic mass is 35.5. The van der Waals surface area contributed by atoms with Gasteiger partial charge in [0.25, 0.3) is 0 Å². The molecule has 0 aliphatic carbocycles. The number of benzene rings is 2. The van der Waals surface area contributed by atoms with Crippen LogP contribution in [0.5, 0.6) is 11.5 Å². The summed E-state index contributed by atoms with van der Waals surface area (Å²) in [6.45, 7) is 6.11. The van der Waals surface area contributed by atoms with Crippen LogP contribution in [0.3, 0.4) is 0 Å².